The summed E-state index contributed by atoms with van der Waals surface area (Å²) in [5.74, 6) is 0.819. The highest BCUT2D eigenvalue weighted by atomic mass is 16.5. The lowest BCUT2D eigenvalue weighted by atomic mass is 10.3. The Morgan fingerprint density at radius 3 is 2.69 bits per heavy atom. The van der Waals surface area contributed by atoms with E-state index in [1.807, 2.05) is 0 Å². The summed E-state index contributed by atoms with van der Waals surface area (Å²) in [6.45, 7) is 3.18. The van der Waals surface area contributed by atoms with Crippen LogP contribution in [0.4, 0.5) is 5.82 Å². The van der Waals surface area contributed by atoms with E-state index >= 15 is 0 Å². The first-order valence-electron chi connectivity index (χ1n) is 4.32. The van der Waals surface area contributed by atoms with Crippen molar-refractivity contribution in [3.8, 4) is 5.75 Å². The summed E-state index contributed by atoms with van der Waals surface area (Å²) in [7, 11) is 0. The molecule has 0 atom stereocenters. The Bertz CT molecular complexity index is 267. The number of hydrogen-bond donors (Lipinski definition) is 0. The fourth-order valence-corrected chi connectivity index (χ4v) is 1.35. The second-order valence-electron chi connectivity index (χ2n) is 2.95. The first-order valence-corrected chi connectivity index (χ1v) is 4.32. The van der Waals surface area contributed by atoms with Crippen molar-refractivity contribution in [1.82, 2.24) is 4.98 Å². The van der Waals surface area contributed by atoms with Gasteiger partial charge in [-0.15, -0.1) is 0 Å². The van der Waals surface area contributed by atoms with Crippen LogP contribution in [0, 0.1) is 0 Å². The van der Waals surface area contributed by atoms with Crippen molar-refractivity contribution in [2.24, 2.45) is 0 Å². The van der Waals surface area contributed by atoms with Gasteiger partial charge in [0.05, 0.1) is 19.4 Å². The van der Waals surface area contributed by atoms with Gasteiger partial charge in [-0.05, 0) is 12.1 Å². The quantitative estimate of drug-likeness (QED) is 0.647. The second kappa shape index (κ2) is 3.62. The summed E-state index contributed by atoms with van der Waals surface area (Å²) in [5.41, 5.74) is 0. The van der Waals surface area contributed by atoms with Crippen molar-refractivity contribution >= 4 is 5.82 Å². The number of aromatic nitrogens is 1. The minimum Gasteiger partial charge on any atom is -0.378 e. The van der Waals surface area contributed by atoms with Gasteiger partial charge in [-0.1, -0.05) is 0 Å². The van der Waals surface area contributed by atoms with E-state index in [1.165, 1.54) is 12.3 Å². The van der Waals surface area contributed by atoms with Gasteiger partial charge in [0.2, 0.25) is 0 Å². The predicted octanol–water partition coefficient (Wildman–Crippen LogP) is 1.06. The molecule has 0 N–H and O–H groups in total. The largest absolute Gasteiger partial charge is 0.378 e. The van der Waals surface area contributed by atoms with Crippen LogP contribution in [0.1, 0.15) is 0 Å². The Balaban J connectivity index is 2.10. The second-order valence-corrected chi connectivity index (χ2v) is 2.95. The maximum Gasteiger partial charge on any atom is 0.197 e. The summed E-state index contributed by atoms with van der Waals surface area (Å²) < 4.78 is 5.21. The molecule has 2 heterocycles. The van der Waals surface area contributed by atoms with Crippen LogP contribution < -0.4 is 4.90 Å². The summed E-state index contributed by atoms with van der Waals surface area (Å²) in [6, 6.07) is 3.30. The molecule has 0 spiro atoms. The summed E-state index contributed by atoms with van der Waals surface area (Å²) >= 11 is 0. The molecule has 0 amide bonds. The van der Waals surface area contributed by atoms with Crippen LogP contribution in [-0.4, -0.2) is 31.3 Å². The lowest BCUT2D eigenvalue weighted by Gasteiger charge is -2.27. The molecule has 4 nitrogen and oxygen atoms in total. The normalized spacial score (nSPS) is 17.4. The van der Waals surface area contributed by atoms with Crippen LogP contribution in [0.2, 0.25) is 0 Å². The fourth-order valence-electron chi connectivity index (χ4n) is 1.35. The number of ether oxygens (including phenoxy) is 1. The van der Waals surface area contributed by atoms with Crippen LogP contribution in [0.3, 0.4) is 0 Å². The van der Waals surface area contributed by atoms with Crippen LogP contribution in [0.5, 0.6) is 5.75 Å². The molecule has 1 fully saturated rings. The molecule has 1 saturated heterocycles. The predicted molar refractivity (Wildman–Crippen MR) is 47.4 cm³/mol. The maximum atomic E-state index is 10.8. The lowest BCUT2D eigenvalue weighted by Crippen LogP contribution is -2.36. The van der Waals surface area contributed by atoms with Gasteiger partial charge >= 0.3 is 0 Å². The third-order valence-electron chi connectivity index (χ3n) is 2.06. The molecule has 0 bridgehead atoms. The SMILES string of the molecule is [O]c1ccc(N2CCOCC2)nc1. The Morgan fingerprint density at radius 2 is 2.08 bits per heavy atom. The fraction of sp³-hybridized carbons (Fsp3) is 0.444. The van der Waals surface area contributed by atoms with Crippen LogP contribution in [-0.2, 0) is 9.84 Å². The molecule has 1 aromatic heterocycles. The summed E-state index contributed by atoms with van der Waals surface area (Å²) in [4.78, 5) is 6.17. The van der Waals surface area contributed by atoms with Crippen LogP contribution in [0.15, 0.2) is 18.3 Å². The lowest BCUT2D eigenvalue weighted by molar-refractivity contribution is 0.122. The molecular formula is C9H11N2O2. The minimum absolute atomic E-state index is 0.0444. The number of morpholine rings is 1. The Labute approximate surface area is 76.8 Å². The smallest absolute Gasteiger partial charge is 0.197 e. The topological polar surface area (TPSA) is 45.3 Å². The first-order chi connectivity index (χ1) is 6.36. The highest BCUT2D eigenvalue weighted by Gasteiger charge is 2.11. The minimum atomic E-state index is -0.0444. The zero-order valence-corrected chi connectivity index (χ0v) is 7.27. The molecule has 0 aromatic carbocycles. The van der Waals surface area contributed by atoms with E-state index in [0.29, 0.717) is 0 Å². The van der Waals surface area contributed by atoms with Crippen LogP contribution in [0.25, 0.3) is 0 Å². The van der Waals surface area contributed by atoms with Crippen molar-refractivity contribution in [3.63, 3.8) is 0 Å². The number of hydrogen-bond acceptors (Lipinski definition) is 3. The average molecular weight is 179 g/mol. The van der Waals surface area contributed by atoms with E-state index in [2.05, 4.69) is 9.88 Å². The maximum absolute atomic E-state index is 10.8. The zero-order valence-electron chi connectivity index (χ0n) is 7.27. The number of nitrogens with zero attached hydrogens (tertiary/aromatic N) is 2. The molecule has 0 unspecified atom stereocenters. The first kappa shape index (κ1) is 8.31. The molecule has 69 valence electrons. The molecular weight excluding hydrogens is 168 g/mol. The monoisotopic (exact) mass is 179 g/mol. The number of anilines is 1. The number of rotatable bonds is 1. The van der Waals surface area contributed by atoms with Gasteiger partial charge in [0.1, 0.15) is 5.82 Å². The Kier molecular flexibility index (Phi) is 2.31. The van der Waals surface area contributed by atoms with E-state index in [1.54, 1.807) is 6.07 Å². The van der Waals surface area contributed by atoms with Crippen molar-refractivity contribution in [2.45, 2.75) is 0 Å². The molecule has 4 heteroatoms. The van der Waals surface area contributed by atoms with Gasteiger partial charge in [-0.3, -0.25) is 5.11 Å². The molecule has 1 aliphatic heterocycles. The average Bonchev–Trinajstić information content (AvgIpc) is 2.20. The van der Waals surface area contributed by atoms with Gasteiger partial charge < -0.3 is 9.64 Å². The van der Waals surface area contributed by atoms with Crippen molar-refractivity contribution < 1.29 is 9.84 Å². The zero-order chi connectivity index (χ0) is 9.10. The third-order valence-corrected chi connectivity index (χ3v) is 2.06. The molecule has 2 rings (SSSR count). The van der Waals surface area contributed by atoms with E-state index in [9.17, 15) is 5.11 Å². The van der Waals surface area contributed by atoms with E-state index < -0.39 is 0 Å². The van der Waals surface area contributed by atoms with Crippen molar-refractivity contribution in [3.05, 3.63) is 18.3 Å². The third kappa shape index (κ3) is 1.89. The van der Waals surface area contributed by atoms with Gasteiger partial charge in [-0.2, -0.15) is 0 Å². The van der Waals surface area contributed by atoms with Crippen molar-refractivity contribution in [2.75, 3.05) is 31.2 Å². The Hall–Kier alpha value is -1.29. The molecule has 1 radical (unpaired) electrons. The Morgan fingerprint density at radius 1 is 1.31 bits per heavy atom. The molecule has 0 saturated carbocycles. The highest BCUT2D eigenvalue weighted by Crippen LogP contribution is 2.15. The summed E-state index contributed by atoms with van der Waals surface area (Å²) in [5, 5.41) is 10.8. The molecule has 1 aromatic rings. The molecule has 0 aliphatic carbocycles. The van der Waals surface area contributed by atoms with E-state index in [4.69, 9.17) is 4.74 Å². The van der Waals surface area contributed by atoms with E-state index in [0.717, 1.165) is 32.1 Å². The van der Waals surface area contributed by atoms with Gasteiger partial charge in [0.25, 0.3) is 0 Å². The number of pyridine rings is 1. The van der Waals surface area contributed by atoms with Gasteiger partial charge in [0.15, 0.2) is 5.75 Å². The van der Waals surface area contributed by atoms with Crippen molar-refractivity contribution in [1.29, 1.82) is 0 Å². The summed E-state index contributed by atoms with van der Waals surface area (Å²) in [6.07, 6.45) is 1.35. The standard InChI is InChI=1S/C9H11N2O2/c12-8-1-2-9(10-7-8)11-3-5-13-6-4-11/h1-2,7H,3-6H2. The highest BCUT2D eigenvalue weighted by molar-refractivity contribution is 5.40. The van der Waals surface area contributed by atoms with E-state index in [-0.39, 0.29) is 5.75 Å². The molecule has 13 heavy (non-hydrogen) atoms. The molecule has 1 aliphatic rings. The van der Waals surface area contributed by atoms with Gasteiger partial charge in [0, 0.05) is 13.1 Å². The van der Waals surface area contributed by atoms with Crippen LogP contribution >= 0.6 is 0 Å². The van der Waals surface area contributed by atoms with Gasteiger partial charge in [-0.25, -0.2) is 4.98 Å².